The molecule has 7 nitrogen and oxygen atoms in total. The quantitative estimate of drug-likeness (QED) is 0.555. The van der Waals surface area contributed by atoms with Crippen molar-refractivity contribution in [2.75, 3.05) is 17.3 Å². The van der Waals surface area contributed by atoms with Crippen LogP contribution in [0.5, 0.6) is 6.01 Å². The molecule has 0 amide bonds. The monoisotopic (exact) mass is 264 g/mol. The minimum Gasteiger partial charge on any atom is -0.464 e. The summed E-state index contributed by atoms with van der Waals surface area (Å²) in [5, 5.41) is 2.73. The van der Waals surface area contributed by atoms with Gasteiger partial charge in [-0.05, 0) is 19.1 Å². The van der Waals surface area contributed by atoms with Gasteiger partial charge in [0.1, 0.15) is 5.82 Å². The van der Waals surface area contributed by atoms with Crippen molar-refractivity contribution in [2.45, 2.75) is 6.92 Å². The second-order valence-corrected chi connectivity index (χ2v) is 3.45. The van der Waals surface area contributed by atoms with Crippen LogP contribution in [0.25, 0.3) is 0 Å². The van der Waals surface area contributed by atoms with E-state index in [1.54, 1.807) is 25.1 Å². The summed E-state index contributed by atoms with van der Waals surface area (Å²) in [4.78, 5) is 11.8. The van der Waals surface area contributed by atoms with Gasteiger partial charge in [-0.3, -0.25) is 5.43 Å². The summed E-state index contributed by atoms with van der Waals surface area (Å²) in [7, 11) is 0. The third kappa shape index (κ3) is 3.26. The highest BCUT2D eigenvalue weighted by atomic mass is 19.1. The van der Waals surface area contributed by atoms with Crippen LogP contribution in [0.3, 0.4) is 0 Å². The van der Waals surface area contributed by atoms with Crippen LogP contribution in [0.4, 0.5) is 22.0 Å². The topological polar surface area (TPSA) is 98.0 Å². The summed E-state index contributed by atoms with van der Waals surface area (Å²) in [6.07, 6.45) is 0. The minimum absolute atomic E-state index is 0.101. The number of hydrazine groups is 1. The van der Waals surface area contributed by atoms with E-state index in [0.29, 0.717) is 6.61 Å². The molecule has 2 rings (SSSR count). The van der Waals surface area contributed by atoms with Gasteiger partial charge < -0.3 is 10.1 Å². The largest absolute Gasteiger partial charge is 0.464 e. The molecule has 0 spiro atoms. The highest BCUT2D eigenvalue weighted by molar-refractivity contribution is 5.54. The molecule has 0 saturated heterocycles. The van der Waals surface area contributed by atoms with E-state index in [1.165, 1.54) is 6.07 Å². The fourth-order valence-electron chi connectivity index (χ4n) is 1.35. The summed E-state index contributed by atoms with van der Waals surface area (Å²) in [6, 6.07) is 6.28. The van der Waals surface area contributed by atoms with Gasteiger partial charge in [-0.1, -0.05) is 12.1 Å². The fraction of sp³-hybridized carbons (Fsp3) is 0.182. The molecule has 0 unspecified atom stereocenters. The number of nitrogens with two attached hydrogens (primary N) is 1. The van der Waals surface area contributed by atoms with E-state index >= 15 is 0 Å². The van der Waals surface area contributed by atoms with Crippen molar-refractivity contribution in [3.05, 3.63) is 30.1 Å². The summed E-state index contributed by atoms with van der Waals surface area (Å²) < 4.78 is 18.7. The van der Waals surface area contributed by atoms with E-state index in [-0.39, 0.29) is 23.6 Å². The number of nitrogens with one attached hydrogen (secondary N) is 2. The molecule has 8 heteroatoms. The zero-order valence-corrected chi connectivity index (χ0v) is 10.2. The van der Waals surface area contributed by atoms with Crippen molar-refractivity contribution in [3.63, 3.8) is 0 Å². The van der Waals surface area contributed by atoms with Gasteiger partial charge in [0.15, 0.2) is 0 Å². The van der Waals surface area contributed by atoms with Gasteiger partial charge in [-0.25, -0.2) is 10.2 Å². The average molecular weight is 264 g/mol. The number of nitrogen functional groups attached to an aromatic ring is 1. The number of rotatable bonds is 5. The molecule has 1 aromatic carbocycles. The average Bonchev–Trinajstić information content (AvgIpc) is 2.41. The highest BCUT2D eigenvalue weighted by Crippen LogP contribution is 2.18. The Labute approximate surface area is 109 Å². The van der Waals surface area contributed by atoms with Crippen LogP contribution in [0.15, 0.2) is 24.3 Å². The van der Waals surface area contributed by atoms with Crippen molar-refractivity contribution in [1.82, 2.24) is 15.0 Å². The Morgan fingerprint density at radius 2 is 1.95 bits per heavy atom. The maximum absolute atomic E-state index is 13.5. The smallest absolute Gasteiger partial charge is 0.323 e. The summed E-state index contributed by atoms with van der Waals surface area (Å²) in [6.45, 7) is 2.19. The van der Waals surface area contributed by atoms with Crippen molar-refractivity contribution < 1.29 is 9.13 Å². The number of halogens is 1. The molecule has 0 radical (unpaired) electrons. The lowest BCUT2D eigenvalue weighted by molar-refractivity contribution is 0.312. The SMILES string of the molecule is CCOc1nc(NN)nc(Nc2ccccc2F)n1. The molecule has 0 fully saturated rings. The van der Waals surface area contributed by atoms with Crippen LogP contribution in [-0.4, -0.2) is 21.6 Å². The van der Waals surface area contributed by atoms with Gasteiger partial charge in [-0.2, -0.15) is 15.0 Å². The molecular formula is C11H13FN6O. The first-order valence-corrected chi connectivity index (χ1v) is 5.60. The van der Waals surface area contributed by atoms with Crippen molar-refractivity contribution in [1.29, 1.82) is 0 Å². The molecule has 4 N–H and O–H groups in total. The first-order valence-electron chi connectivity index (χ1n) is 5.60. The highest BCUT2D eigenvalue weighted by Gasteiger charge is 2.08. The van der Waals surface area contributed by atoms with E-state index in [4.69, 9.17) is 10.6 Å². The zero-order valence-electron chi connectivity index (χ0n) is 10.2. The lowest BCUT2D eigenvalue weighted by Crippen LogP contribution is -2.13. The van der Waals surface area contributed by atoms with Gasteiger partial charge in [-0.15, -0.1) is 0 Å². The Kier molecular flexibility index (Phi) is 4.04. The number of nitrogens with zero attached hydrogens (tertiary/aromatic N) is 3. The van der Waals surface area contributed by atoms with E-state index < -0.39 is 5.82 Å². The van der Waals surface area contributed by atoms with E-state index in [0.717, 1.165) is 0 Å². The number of hydrogen-bond acceptors (Lipinski definition) is 7. The van der Waals surface area contributed by atoms with Crippen LogP contribution in [0.2, 0.25) is 0 Å². The van der Waals surface area contributed by atoms with Gasteiger partial charge >= 0.3 is 6.01 Å². The van der Waals surface area contributed by atoms with E-state index in [1.807, 2.05) is 0 Å². The third-order valence-corrected chi connectivity index (χ3v) is 2.14. The maximum Gasteiger partial charge on any atom is 0.323 e. The molecule has 0 atom stereocenters. The molecule has 0 bridgehead atoms. The molecule has 0 aliphatic heterocycles. The standard InChI is InChI=1S/C11H13FN6O/c1-2-19-11-16-9(15-10(17-11)18-13)14-8-6-4-3-5-7(8)12/h3-6H,2,13H2,1H3,(H2,14,15,16,17,18). The number of benzene rings is 1. The van der Waals surface area contributed by atoms with Crippen LogP contribution in [0, 0.1) is 5.82 Å². The molecule has 1 heterocycles. The molecule has 1 aromatic heterocycles. The Morgan fingerprint density at radius 1 is 1.21 bits per heavy atom. The van der Waals surface area contributed by atoms with E-state index in [2.05, 4.69) is 25.7 Å². The lowest BCUT2D eigenvalue weighted by atomic mass is 10.3. The first kappa shape index (κ1) is 13.0. The van der Waals surface area contributed by atoms with Gasteiger partial charge in [0.25, 0.3) is 0 Å². The van der Waals surface area contributed by atoms with E-state index in [9.17, 15) is 4.39 Å². The van der Waals surface area contributed by atoms with Crippen LogP contribution >= 0.6 is 0 Å². The third-order valence-electron chi connectivity index (χ3n) is 2.14. The lowest BCUT2D eigenvalue weighted by Gasteiger charge is -2.08. The predicted octanol–water partition coefficient (Wildman–Crippen LogP) is 1.44. The Balaban J connectivity index is 2.29. The number of para-hydroxylation sites is 1. The predicted molar refractivity (Wildman–Crippen MR) is 68.5 cm³/mol. The molecule has 19 heavy (non-hydrogen) atoms. The normalized spacial score (nSPS) is 10.1. The van der Waals surface area contributed by atoms with Gasteiger partial charge in [0, 0.05) is 0 Å². The first-order chi connectivity index (χ1) is 9.22. The Morgan fingerprint density at radius 3 is 2.63 bits per heavy atom. The van der Waals surface area contributed by atoms with Gasteiger partial charge in [0.2, 0.25) is 11.9 Å². The summed E-state index contributed by atoms with van der Waals surface area (Å²) in [5.41, 5.74) is 2.54. The molecule has 0 saturated carbocycles. The second-order valence-electron chi connectivity index (χ2n) is 3.45. The zero-order chi connectivity index (χ0) is 13.7. The minimum atomic E-state index is -0.414. The number of aromatic nitrogens is 3. The van der Waals surface area contributed by atoms with Crippen molar-refractivity contribution in [3.8, 4) is 6.01 Å². The summed E-state index contributed by atoms with van der Waals surface area (Å²) in [5.74, 6) is 5.09. The molecule has 0 aliphatic carbocycles. The molecular weight excluding hydrogens is 251 g/mol. The number of anilines is 3. The van der Waals surface area contributed by atoms with Crippen molar-refractivity contribution in [2.24, 2.45) is 5.84 Å². The fourth-order valence-corrected chi connectivity index (χ4v) is 1.35. The Bertz CT molecular complexity index is 565. The Hall–Kier alpha value is -2.48. The molecule has 2 aromatic rings. The second kappa shape index (κ2) is 5.91. The number of hydrogen-bond donors (Lipinski definition) is 3. The van der Waals surface area contributed by atoms with Crippen LogP contribution in [0.1, 0.15) is 6.92 Å². The maximum atomic E-state index is 13.5. The van der Waals surface area contributed by atoms with Gasteiger partial charge in [0.05, 0.1) is 12.3 Å². The molecule has 0 aliphatic rings. The van der Waals surface area contributed by atoms with Crippen LogP contribution in [-0.2, 0) is 0 Å². The number of ether oxygens (including phenoxy) is 1. The summed E-state index contributed by atoms with van der Waals surface area (Å²) >= 11 is 0. The van der Waals surface area contributed by atoms with Crippen LogP contribution < -0.4 is 21.3 Å². The van der Waals surface area contributed by atoms with Crippen molar-refractivity contribution >= 4 is 17.6 Å². The molecule has 100 valence electrons.